The number of hydrogen-bond acceptors (Lipinski definition) is 3. The molecule has 1 N–H and O–H groups in total. The van der Waals surface area contributed by atoms with Crippen LogP contribution in [-0.4, -0.2) is 29.7 Å². The summed E-state index contributed by atoms with van der Waals surface area (Å²) in [7, 11) is 0. The summed E-state index contributed by atoms with van der Waals surface area (Å²) in [6.45, 7) is 9.22. The number of aliphatic hydroxyl groups excluding tert-OH is 1. The average molecular weight is 339 g/mol. The van der Waals surface area contributed by atoms with Crippen molar-refractivity contribution in [2.75, 3.05) is 6.61 Å². The van der Waals surface area contributed by atoms with E-state index in [0.29, 0.717) is 11.3 Å². The summed E-state index contributed by atoms with van der Waals surface area (Å²) in [6.07, 6.45) is 11.3. The Morgan fingerprint density at radius 2 is 1.92 bits per heavy atom. The molecule has 0 aromatic rings. The molecule has 4 rings (SSSR count). The van der Waals surface area contributed by atoms with E-state index in [0.717, 1.165) is 24.7 Å². The van der Waals surface area contributed by atoms with E-state index in [1.54, 1.807) is 0 Å². The largest absolute Gasteiger partial charge is 0.396 e. The molecule has 7 atom stereocenters. The summed E-state index contributed by atoms with van der Waals surface area (Å²) in [4.78, 5) is 0. The third kappa shape index (κ3) is 2.95. The molecule has 3 nitrogen and oxygen atoms in total. The lowest BCUT2D eigenvalue weighted by atomic mass is 9.49. The molecule has 2 saturated heterocycles. The maximum absolute atomic E-state index is 9.15. The molecule has 4 fully saturated rings. The fourth-order valence-electron chi connectivity index (χ4n) is 6.32. The monoisotopic (exact) mass is 338 g/mol. The van der Waals surface area contributed by atoms with Crippen molar-refractivity contribution in [3.63, 3.8) is 0 Å². The zero-order valence-corrected chi connectivity index (χ0v) is 16.2. The molecule has 3 heteroatoms. The predicted octanol–water partition coefficient (Wildman–Crippen LogP) is 4.91. The van der Waals surface area contributed by atoms with Gasteiger partial charge in [0.05, 0.1) is 11.7 Å². The van der Waals surface area contributed by atoms with Crippen molar-refractivity contribution in [3.8, 4) is 0 Å². The van der Waals surface area contributed by atoms with E-state index in [1.165, 1.54) is 44.9 Å². The molecule has 140 valence electrons. The molecule has 0 aromatic carbocycles. The van der Waals surface area contributed by atoms with Crippen LogP contribution in [-0.2, 0) is 9.47 Å². The van der Waals surface area contributed by atoms with Crippen molar-refractivity contribution in [2.24, 2.45) is 23.2 Å². The molecule has 0 aromatic heterocycles. The van der Waals surface area contributed by atoms with Crippen LogP contribution in [0.4, 0.5) is 0 Å². The van der Waals surface area contributed by atoms with Gasteiger partial charge in [0, 0.05) is 12.0 Å². The van der Waals surface area contributed by atoms with Gasteiger partial charge in [-0.05, 0) is 69.6 Å². The second-order valence-electron chi connectivity index (χ2n) is 9.07. The lowest BCUT2D eigenvalue weighted by molar-refractivity contribution is -0.282. The molecular formula is C21H38O3. The molecule has 2 bridgehead atoms. The van der Waals surface area contributed by atoms with Crippen LogP contribution in [0.15, 0.2) is 0 Å². The van der Waals surface area contributed by atoms with E-state index in [4.69, 9.17) is 14.6 Å². The fourth-order valence-corrected chi connectivity index (χ4v) is 6.32. The van der Waals surface area contributed by atoms with Gasteiger partial charge in [-0.3, -0.25) is 0 Å². The number of ether oxygens (including phenoxy) is 2. The molecule has 2 heterocycles. The first kappa shape index (κ1) is 18.7. The Morgan fingerprint density at radius 3 is 2.62 bits per heavy atom. The van der Waals surface area contributed by atoms with Gasteiger partial charge in [0.1, 0.15) is 0 Å². The molecule has 24 heavy (non-hydrogen) atoms. The van der Waals surface area contributed by atoms with E-state index >= 15 is 0 Å². The molecule has 3 unspecified atom stereocenters. The quantitative estimate of drug-likeness (QED) is 0.794. The van der Waals surface area contributed by atoms with Gasteiger partial charge >= 0.3 is 0 Å². The van der Waals surface area contributed by atoms with Gasteiger partial charge in [0.25, 0.3) is 0 Å². The van der Waals surface area contributed by atoms with Crippen molar-refractivity contribution >= 4 is 0 Å². The van der Waals surface area contributed by atoms with E-state index < -0.39 is 0 Å². The third-order valence-electron chi connectivity index (χ3n) is 7.22. The van der Waals surface area contributed by atoms with Gasteiger partial charge in [0.2, 0.25) is 0 Å². The summed E-state index contributed by atoms with van der Waals surface area (Å²) in [6, 6.07) is 0. The Kier molecular flexibility index (Phi) is 5.64. The molecule has 0 radical (unpaired) electrons. The number of rotatable bonds is 3. The topological polar surface area (TPSA) is 38.7 Å². The molecular weight excluding hydrogens is 300 g/mol. The van der Waals surface area contributed by atoms with Crippen LogP contribution in [0.5, 0.6) is 0 Å². The lowest BCUT2D eigenvalue weighted by Gasteiger charge is -2.58. The van der Waals surface area contributed by atoms with Gasteiger partial charge in [0.15, 0.2) is 6.29 Å². The van der Waals surface area contributed by atoms with E-state index in [2.05, 4.69) is 27.7 Å². The number of hydrogen-bond donors (Lipinski definition) is 1. The van der Waals surface area contributed by atoms with Crippen LogP contribution < -0.4 is 0 Å². The van der Waals surface area contributed by atoms with Crippen molar-refractivity contribution in [2.45, 2.75) is 103 Å². The highest BCUT2D eigenvalue weighted by atomic mass is 16.7. The minimum Gasteiger partial charge on any atom is -0.396 e. The van der Waals surface area contributed by atoms with E-state index in [-0.39, 0.29) is 24.6 Å². The summed E-state index contributed by atoms with van der Waals surface area (Å²) < 4.78 is 13.0. The Morgan fingerprint density at radius 1 is 1.17 bits per heavy atom. The van der Waals surface area contributed by atoms with Crippen LogP contribution in [0.1, 0.15) is 85.5 Å². The third-order valence-corrected chi connectivity index (χ3v) is 7.22. The van der Waals surface area contributed by atoms with Gasteiger partial charge in [-0.15, -0.1) is 0 Å². The first-order chi connectivity index (χ1) is 11.5. The average Bonchev–Trinajstić information content (AvgIpc) is 2.78. The van der Waals surface area contributed by atoms with Crippen molar-refractivity contribution in [1.82, 2.24) is 0 Å². The van der Waals surface area contributed by atoms with Crippen LogP contribution >= 0.6 is 0 Å². The maximum Gasteiger partial charge on any atom is 0.164 e. The van der Waals surface area contributed by atoms with Crippen molar-refractivity contribution in [3.05, 3.63) is 0 Å². The smallest absolute Gasteiger partial charge is 0.164 e. The number of aliphatic hydroxyl groups is 1. The molecule has 0 amide bonds. The normalized spacial score (nSPS) is 49.1. The lowest BCUT2D eigenvalue weighted by Crippen LogP contribution is -2.58. The minimum atomic E-state index is 0.0280. The van der Waals surface area contributed by atoms with Gasteiger partial charge in [-0.1, -0.05) is 33.6 Å². The molecule has 2 aliphatic carbocycles. The Bertz CT molecular complexity index is 425. The Balaban J connectivity index is 0.000000526. The molecule has 2 aliphatic heterocycles. The zero-order valence-electron chi connectivity index (χ0n) is 16.2. The summed E-state index contributed by atoms with van der Waals surface area (Å²) in [5.41, 5.74) is 0.364. The summed E-state index contributed by atoms with van der Waals surface area (Å²) >= 11 is 0. The molecule has 2 saturated carbocycles. The van der Waals surface area contributed by atoms with E-state index in [1.807, 2.05) is 0 Å². The molecule has 4 aliphatic rings. The first-order valence-electron chi connectivity index (χ1n) is 10.4. The highest BCUT2D eigenvalue weighted by Gasteiger charge is 2.68. The standard InChI is InChI=1S/C18H30O3.C3H8/c1-12-14-6-3-5-13-8-9-17(2)11-18(13,14)16(21-17)20-15(12)7-4-10-19;1-3-2/h12-16,19H,3-11H2,1-2H3;3H2,1-2H3/t12-,13-,14?,15-,16?,17?,18+;/m1./s1. The van der Waals surface area contributed by atoms with Gasteiger partial charge in [-0.2, -0.15) is 0 Å². The minimum absolute atomic E-state index is 0.0280. The summed E-state index contributed by atoms with van der Waals surface area (Å²) in [5, 5.41) is 9.15. The fraction of sp³-hybridized carbons (Fsp3) is 1.00. The molecule has 1 spiro atoms. The van der Waals surface area contributed by atoms with Crippen LogP contribution in [0, 0.1) is 23.2 Å². The van der Waals surface area contributed by atoms with Crippen molar-refractivity contribution in [1.29, 1.82) is 0 Å². The maximum atomic E-state index is 9.15. The first-order valence-corrected chi connectivity index (χ1v) is 10.4. The summed E-state index contributed by atoms with van der Waals surface area (Å²) in [5.74, 6) is 2.19. The zero-order chi connectivity index (χ0) is 17.4. The van der Waals surface area contributed by atoms with Gasteiger partial charge < -0.3 is 14.6 Å². The second kappa shape index (κ2) is 7.25. The van der Waals surface area contributed by atoms with Crippen LogP contribution in [0.25, 0.3) is 0 Å². The van der Waals surface area contributed by atoms with Crippen LogP contribution in [0.2, 0.25) is 0 Å². The second-order valence-corrected chi connectivity index (χ2v) is 9.07. The Hall–Kier alpha value is -0.120. The van der Waals surface area contributed by atoms with Crippen LogP contribution in [0.3, 0.4) is 0 Å². The highest BCUT2D eigenvalue weighted by molar-refractivity contribution is 5.13. The Labute approximate surface area is 148 Å². The highest BCUT2D eigenvalue weighted by Crippen LogP contribution is 2.68. The van der Waals surface area contributed by atoms with Crippen molar-refractivity contribution < 1.29 is 14.6 Å². The SMILES string of the molecule is CCC.C[C@@H]1C2CCC[C@@H]3CCC4(C)C[C@@]23C(O[C@@H]1CCCO)O4. The van der Waals surface area contributed by atoms with E-state index in [9.17, 15) is 0 Å². The predicted molar refractivity (Wildman–Crippen MR) is 96.7 cm³/mol. The number of fused-ring (bicyclic) bond motifs is 1. The van der Waals surface area contributed by atoms with Gasteiger partial charge in [-0.25, -0.2) is 0 Å².